The van der Waals surface area contributed by atoms with Gasteiger partial charge in [0.15, 0.2) is 0 Å². The highest BCUT2D eigenvalue weighted by molar-refractivity contribution is 6.68. The van der Waals surface area contributed by atoms with Gasteiger partial charge in [-0.1, -0.05) is 58.0 Å². The van der Waals surface area contributed by atoms with Crippen LogP contribution in [0.1, 0.15) is 27.0 Å². The van der Waals surface area contributed by atoms with E-state index in [0.717, 1.165) is 0 Å². The Kier molecular flexibility index (Phi) is 6.46. The van der Waals surface area contributed by atoms with Gasteiger partial charge in [0, 0.05) is 15.6 Å². The van der Waals surface area contributed by atoms with E-state index in [2.05, 4.69) is 4.85 Å². The van der Waals surface area contributed by atoms with Crippen LogP contribution in [0.2, 0.25) is 25.1 Å². The topological polar surface area (TPSA) is 45.2 Å². The van der Waals surface area contributed by atoms with Gasteiger partial charge in [-0.3, -0.25) is 4.79 Å². The molecule has 0 saturated heterocycles. The molecule has 0 bridgehead atoms. The fourth-order valence-electron chi connectivity index (χ4n) is 2.13. The molecule has 0 fully saturated rings. The summed E-state index contributed by atoms with van der Waals surface area (Å²) >= 11 is 36.2. The van der Waals surface area contributed by atoms with Crippen LogP contribution in [-0.2, 0) is 6.42 Å². The SMILES string of the molecule is [C-]#[N+]c1c(Cl)c(C#N)c(Cl)c(Cl)c1Cc1c(Cl)cc(C(=O)Cl)cc1Cl. The van der Waals surface area contributed by atoms with E-state index in [-0.39, 0.29) is 53.9 Å². The van der Waals surface area contributed by atoms with Crippen LogP contribution < -0.4 is 0 Å². The van der Waals surface area contributed by atoms with E-state index in [1.165, 1.54) is 12.1 Å². The Hall–Kier alpha value is -1.17. The molecule has 2 aromatic carbocycles. The van der Waals surface area contributed by atoms with Crippen LogP contribution >= 0.6 is 69.6 Å². The first-order chi connectivity index (χ1) is 11.7. The van der Waals surface area contributed by atoms with Crippen molar-refractivity contribution in [2.45, 2.75) is 6.42 Å². The summed E-state index contributed by atoms with van der Waals surface area (Å²) in [6.45, 7) is 7.33. The maximum Gasteiger partial charge on any atom is 0.252 e. The van der Waals surface area contributed by atoms with Crippen molar-refractivity contribution in [1.29, 1.82) is 5.26 Å². The first kappa shape index (κ1) is 20.1. The summed E-state index contributed by atoms with van der Waals surface area (Å²) < 4.78 is 0. The predicted octanol–water partition coefficient (Wildman–Crippen LogP) is 7.35. The van der Waals surface area contributed by atoms with Gasteiger partial charge in [0.1, 0.15) is 6.07 Å². The molecular formula is C16H4Cl6N2O. The van der Waals surface area contributed by atoms with Crippen LogP contribution in [0.5, 0.6) is 0 Å². The molecule has 2 rings (SSSR count). The van der Waals surface area contributed by atoms with E-state index in [9.17, 15) is 4.79 Å². The fraction of sp³-hybridized carbons (Fsp3) is 0.0625. The number of halogens is 6. The summed E-state index contributed by atoms with van der Waals surface area (Å²) in [5, 5.41) is 8.61. The Morgan fingerprint density at radius 2 is 1.60 bits per heavy atom. The smallest absolute Gasteiger partial charge is 0.252 e. The highest BCUT2D eigenvalue weighted by Gasteiger charge is 2.23. The molecule has 0 aliphatic heterocycles. The molecule has 2 aromatic rings. The third-order valence-corrected chi connectivity index (χ3v) is 5.49. The third-order valence-electron chi connectivity index (χ3n) is 3.34. The van der Waals surface area contributed by atoms with Gasteiger partial charge in [-0.25, -0.2) is 4.85 Å². The van der Waals surface area contributed by atoms with Crippen molar-refractivity contribution in [3.05, 3.63) is 70.9 Å². The van der Waals surface area contributed by atoms with Crippen molar-refractivity contribution < 1.29 is 4.79 Å². The zero-order valence-corrected chi connectivity index (χ0v) is 16.5. The zero-order valence-electron chi connectivity index (χ0n) is 11.9. The average Bonchev–Trinajstić information content (AvgIpc) is 2.55. The lowest BCUT2D eigenvalue weighted by Gasteiger charge is -2.14. The Balaban J connectivity index is 2.69. The van der Waals surface area contributed by atoms with Gasteiger partial charge >= 0.3 is 0 Å². The summed E-state index contributed by atoms with van der Waals surface area (Å²) in [5.41, 5.74) is 0.724. The van der Waals surface area contributed by atoms with E-state index < -0.39 is 5.24 Å². The first-order valence-electron chi connectivity index (χ1n) is 6.37. The minimum atomic E-state index is -0.709. The van der Waals surface area contributed by atoms with Crippen LogP contribution in [0.3, 0.4) is 0 Å². The third kappa shape index (κ3) is 3.83. The highest BCUT2D eigenvalue weighted by Crippen LogP contribution is 2.45. The number of rotatable bonds is 3. The van der Waals surface area contributed by atoms with Gasteiger partial charge in [0.2, 0.25) is 5.69 Å². The molecule has 0 aromatic heterocycles. The van der Waals surface area contributed by atoms with E-state index in [1.54, 1.807) is 0 Å². The Labute approximate surface area is 173 Å². The Bertz CT molecular complexity index is 965. The van der Waals surface area contributed by atoms with E-state index >= 15 is 0 Å². The van der Waals surface area contributed by atoms with Crippen molar-refractivity contribution in [1.82, 2.24) is 0 Å². The highest BCUT2D eigenvalue weighted by atomic mass is 35.5. The minimum absolute atomic E-state index is 0.0123. The molecule has 9 heteroatoms. The number of carbonyl (C=O) groups excluding carboxylic acids is 1. The monoisotopic (exact) mass is 450 g/mol. The fourth-order valence-corrected chi connectivity index (χ4v) is 3.70. The van der Waals surface area contributed by atoms with E-state index in [4.69, 9.17) is 81.4 Å². The summed E-state index contributed by atoms with van der Waals surface area (Å²) in [6.07, 6.45) is 0.0239. The molecule has 0 N–H and O–H groups in total. The number of hydrogen-bond acceptors (Lipinski definition) is 2. The molecule has 126 valence electrons. The lowest BCUT2D eigenvalue weighted by Crippen LogP contribution is -1.98. The predicted molar refractivity (Wildman–Crippen MR) is 102 cm³/mol. The molecule has 0 aliphatic carbocycles. The van der Waals surface area contributed by atoms with Gasteiger partial charge in [-0.15, -0.1) is 0 Å². The second-order valence-electron chi connectivity index (χ2n) is 4.74. The number of carbonyl (C=O) groups is 1. The largest absolute Gasteiger partial charge is 0.276 e. The second kappa shape index (κ2) is 8.02. The molecule has 0 aliphatic rings. The lowest BCUT2D eigenvalue weighted by molar-refractivity contribution is 0.108. The van der Waals surface area contributed by atoms with Gasteiger partial charge in [-0.2, -0.15) is 5.26 Å². The van der Waals surface area contributed by atoms with E-state index in [0.29, 0.717) is 5.56 Å². The van der Waals surface area contributed by atoms with Crippen molar-refractivity contribution in [2.24, 2.45) is 0 Å². The van der Waals surface area contributed by atoms with E-state index in [1.807, 2.05) is 6.07 Å². The van der Waals surface area contributed by atoms with Crippen LogP contribution in [0.4, 0.5) is 5.69 Å². The maximum atomic E-state index is 11.3. The molecule has 25 heavy (non-hydrogen) atoms. The van der Waals surface area contributed by atoms with Crippen LogP contribution in [0.15, 0.2) is 12.1 Å². The molecule has 0 saturated carbocycles. The molecule has 0 unspecified atom stereocenters. The molecule has 0 heterocycles. The molecule has 0 amide bonds. The van der Waals surface area contributed by atoms with Gasteiger partial charge in [-0.05, 0) is 41.3 Å². The number of hydrogen-bond donors (Lipinski definition) is 0. The van der Waals surface area contributed by atoms with Crippen molar-refractivity contribution in [3.8, 4) is 6.07 Å². The summed E-state index contributed by atoms with van der Waals surface area (Å²) in [7, 11) is 0. The Morgan fingerprint density at radius 1 is 1.04 bits per heavy atom. The van der Waals surface area contributed by atoms with Crippen molar-refractivity contribution >= 4 is 80.5 Å². The zero-order chi connectivity index (χ0) is 18.9. The number of benzene rings is 2. The first-order valence-corrected chi connectivity index (χ1v) is 8.64. The van der Waals surface area contributed by atoms with Crippen LogP contribution in [0.25, 0.3) is 4.85 Å². The van der Waals surface area contributed by atoms with Gasteiger partial charge < -0.3 is 0 Å². The minimum Gasteiger partial charge on any atom is -0.276 e. The standard InChI is InChI=1S/C16H4Cl6N2O/c1-24-15-8(12(19)13(20)9(5-23)14(15)21)4-7-10(17)2-6(16(22)25)3-11(7)18/h2-3H,4H2. The van der Waals surface area contributed by atoms with Crippen LogP contribution in [0, 0.1) is 17.9 Å². The molecular weight excluding hydrogens is 449 g/mol. The molecule has 0 radical (unpaired) electrons. The number of nitriles is 1. The maximum absolute atomic E-state index is 11.3. The summed E-state index contributed by atoms with van der Waals surface area (Å²) in [4.78, 5) is 14.6. The number of nitrogens with zero attached hydrogens (tertiary/aromatic N) is 2. The molecule has 0 spiro atoms. The van der Waals surface area contributed by atoms with Crippen LogP contribution in [-0.4, -0.2) is 5.24 Å². The van der Waals surface area contributed by atoms with Gasteiger partial charge in [0.25, 0.3) is 5.24 Å². The Morgan fingerprint density at radius 3 is 2.04 bits per heavy atom. The average molecular weight is 453 g/mol. The summed E-state index contributed by atoms with van der Waals surface area (Å²) in [5.74, 6) is 0. The van der Waals surface area contributed by atoms with Gasteiger partial charge in [0.05, 0.1) is 27.2 Å². The summed E-state index contributed by atoms with van der Waals surface area (Å²) in [6, 6.07) is 4.53. The lowest BCUT2D eigenvalue weighted by atomic mass is 10.00. The normalized spacial score (nSPS) is 10.2. The van der Waals surface area contributed by atoms with Crippen molar-refractivity contribution in [2.75, 3.05) is 0 Å². The molecule has 3 nitrogen and oxygen atoms in total. The van der Waals surface area contributed by atoms with Crippen molar-refractivity contribution in [3.63, 3.8) is 0 Å². The second-order valence-corrected chi connectivity index (χ2v) is 7.03. The quantitative estimate of drug-likeness (QED) is 0.277. The molecule has 0 atom stereocenters.